The lowest BCUT2D eigenvalue weighted by molar-refractivity contribution is 0.187. The first-order valence-corrected chi connectivity index (χ1v) is 10.5. The first-order valence-electron chi connectivity index (χ1n) is 10.5. The van der Waals surface area contributed by atoms with Crippen molar-refractivity contribution in [3.63, 3.8) is 0 Å². The number of likely N-dealkylation sites (tertiary alicyclic amines) is 1. The summed E-state index contributed by atoms with van der Waals surface area (Å²) in [5.74, 6) is 3.19. The minimum atomic E-state index is 0.556. The first kappa shape index (κ1) is 19.2. The summed E-state index contributed by atoms with van der Waals surface area (Å²) in [6.45, 7) is 12.2. The van der Waals surface area contributed by atoms with E-state index in [0.29, 0.717) is 17.9 Å². The molecule has 0 bridgehead atoms. The van der Waals surface area contributed by atoms with Crippen LogP contribution in [0.2, 0.25) is 0 Å². The first-order chi connectivity index (χ1) is 12.7. The van der Waals surface area contributed by atoms with Gasteiger partial charge in [0.2, 0.25) is 0 Å². The SMILES string of the molecule is CCNC(=NCC1CC1c1ccccc1)NC1CCN(CC(C)C)CC1. The van der Waals surface area contributed by atoms with Gasteiger partial charge >= 0.3 is 0 Å². The highest BCUT2D eigenvalue weighted by atomic mass is 15.2. The molecule has 1 aromatic rings. The summed E-state index contributed by atoms with van der Waals surface area (Å²) in [5.41, 5.74) is 1.48. The van der Waals surface area contributed by atoms with E-state index in [1.165, 1.54) is 44.5 Å². The average Bonchev–Trinajstić information content (AvgIpc) is 3.41. The molecule has 0 amide bonds. The Labute approximate surface area is 159 Å². The molecule has 1 aromatic carbocycles. The molecule has 0 radical (unpaired) electrons. The van der Waals surface area contributed by atoms with Gasteiger partial charge in [-0.05, 0) is 49.5 Å². The van der Waals surface area contributed by atoms with E-state index >= 15 is 0 Å². The average molecular weight is 357 g/mol. The highest BCUT2D eigenvalue weighted by molar-refractivity contribution is 5.80. The molecule has 0 aromatic heterocycles. The Hall–Kier alpha value is -1.55. The molecule has 4 nitrogen and oxygen atoms in total. The number of nitrogens with one attached hydrogen (secondary N) is 2. The molecule has 144 valence electrons. The Bertz CT molecular complexity index is 561. The number of piperidine rings is 1. The lowest BCUT2D eigenvalue weighted by atomic mass is 10.0. The topological polar surface area (TPSA) is 39.7 Å². The Morgan fingerprint density at radius 2 is 1.92 bits per heavy atom. The van der Waals surface area contributed by atoms with E-state index in [9.17, 15) is 0 Å². The maximum Gasteiger partial charge on any atom is 0.191 e. The molecule has 0 spiro atoms. The summed E-state index contributed by atoms with van der Waals surface area (Å²) in [4.78, 5) is 7.49. The lowest BCUT2D eigenvalue weighted by Crippen LogP contribution is -2.49. The molecule has 2 atom stereocenters. The van der Waals surface area contributed by atoms with Gasteiger partial charge in [-0.25, -0.2) is 0 Å². The number of benzene rings is 1. The smallest absolute Gasteiger partial charge is 0.191 e. The standard InChI is InChI=1S/C22H36N4/c1-4-23-22(25-20-10-12-26(13-11-20)16-17(2)3)24-15-19-14-21(19)18-8-6-5-7-9-18/h5-9,17,19-21H,4,10-16H2,1-3H3,(H2,23,24,25). The number of hydrogen-bond donors (Lipinski definition) is 2. The monoisotopic (exact) mass is 356 g/mol. The fraction of sp³-hybridized carbons (Fsp3) is 0.682. The third kappa shape index (κ3) is 5.73. The van der Waals surface area contributed by atoms with E-state index in [0.717, 1.165) is 25.0 Å². The van der Waals surface area contributed by atoms with E-state index in [2.05, 4.69) is 66.6 Å². The van der Waals surface area contributed by atoms with Gasteiger partial charge in [0, 0.05) is 38.8 Å². The second-order valence-electron chi connectivity index (χ2n) is 8.35. The highest BCUT2D eigenvalue weighted by Gasteiger charge is 2.37. The predicted molar refractivity (Wildman–Crippen MR) is 111 cm³/mol. The molecular formula is C22H36N4. The van der Waals surface area contributed by atoms with E-state index < -0.39 is 0 Å². The van der Waals surface area contributed by atoms with E-state index in [1.807, 2.05) is 0 Å². The summed E-state index contributed by atoms with van der Waals surface area (Å²) < 4.78 is 0. The second-order valence-corrected chi connectivity index (χ2v) is 8.35. The van der Waals surface area contributed by atoms with Gasteiger partial charge in [0.1, 0.15) is 0 Å². The molecule has 26 heavy (non-hydrogen) atoms. The van der Waals surface area contributed by atoms with Gasteiger partial charge < -0.3 is 15.5 Å². The zero-order valence-electron chi connectivity index (χ0n) is 16.7. The maximum absolute atomic E-state index is 4.89. The number of nitrogens with zero attached hydrogens (tertiary/aromatic N) is 2. The van der Waals surface area contributed by atoms with Crippen molar-refractivity contribution < 1.29 is 0 Å². The van der Waals surface area contributed by atoms with Crippen LogP contribution in [0.4, 0.5) is 0 Å². The predicted octanol–water partition coefficient (Wildman–Crippen LogP) is 3.47. The summed E-state index contributed by atoms with van der Waals surface area (Å²) in [6, 6.07) is 11.4. The van der Waals surface area contributed by atoms with Crippen molar-refractivity contribution in [2.45, 2.75) is 52.0 Å². The van der Waals surface area contributed by atoms with Crippen molar-refractivity contribution >= 4 is 5.96 Å². The van der Waals surface area contributed by atoms with Crippen LogP contribution in [0.5, 0.6) is 0 Å². The van der Waals surface area contributed by atoms with Crippen LogP contribution in [0.1, 0.15) is 51.5 Å². The number of aliphatic imine (C=N–C) groups is 1. The lowest BCUT2D eigenvalue weighted by Gasteiger charge is -2.34. The Morgan fingerprint density at radius 3 is 2.58 bits per heavy atom. The molecular weight excluding hydrogens is 320 g/mol. The zero-order chi connectivity index (χ0) is 18.4. The largest absolute Gasteiger partial charge is 0.357 e. The summed E-state index contributed by atoms with van der Waals surface area (Å²) in [5, 5.41) is 7.12. The fourth-order valence-electron chi connectivity index (χ4n) is 4.06. The molecule has 2 fully saturated rings. The second kappa shape index (κ2) is 9.40. The Kier molecular flexibility index (Phi) is 6.95. The van der Waals surface area contributed by atoms with E-state index in [-0.39, 0.29) is 0 Å². The molecule has 2 N–H and O–H groups in total. The van der Waals surface area contributed by atoms with E-state index in [4.69, 9.17) is 4.99 Å². The van der Waals surface area contributed by atoms with Gasteiger partial charge in [-0.2, -0.15) is 0 Å². The van der Waals surface area contributed by atoms with Gasteiger partial charge in [0.15, 0.2) is 5.96 Å². The maximum atomic E-state index is 4.89. The van der Waals surface area contributed by atoms with Crippen LogP contribution in [0.15, 0.2) is 35.3 Å². The summed E-state index contributed by atoms with van der Waals surface area (Å²) in [6.07, 6.45) is 3.71. The third-order valence-corrected chi connectivity index (χ3v) is 5.53. The summed E-state index contributed by atoms with van der Waals surface area (Å²) >= 11 is 0. The minimum absolute atomic E-state index is 0.556. The molecule has 4 heteroatoms. The van der Waals surface area contributed by atoms with Crippen molar-refractivity contribution in [1.29, 1.82) is 0 Å². The normalized spacial score (nSPS) is 24.7. The molecule has 2 unspecified atom stereocenters. The quantitative estimate of drug-likeness (QED) is 0.580. The number of rotatable bonds is 7. The van der Waals surface area contributed by atoms with Gasteiger partial charge in [-0.15, -0.1) is 0 Å². The van der Waals surface area contributed by atoms with Crippen molar-refractivity contribution in [2.24, 2.45) is 16.8 Å². The fourth-order valence-corrected chi connectivity index (χ4v) is 4.06. The molecule has 1 heterocycles. The van der Waals surface area contributed by atoms with Crippen LogP contribution in [0.3, 0.4) is 0 Å². The minimum Gasteiger partial charge on any atom is -0.357 e. The van der Waals surface area contributed by atoms with Gasteiger partial charge in [-0.1, -0.05) is 44.2 Å². The molecule has 1 aliphatic heterocycles. The van der Waals surface area contributed by atoms with Crippen LogP contribution < -0.4 is 10.6 Å². The molecule has 2 aliphatic rings. The van der Waals surface area contributed by atoms with Crippen LogP contribution >= 0.6 is 0 Å². The number of guanidine groups is 1. The molecule has 1 saturated carbocycles. The van der Waals surface area contributed by atoms with Gasteiger partial charge in [-0.3, -0.25) is 4.99 Å². The highest BCUT2D eigenvalue weighted by Crippen LogP contribution is 2.47. The van der Waals surface area contributed by atoms with Gasteiger partial charge in [0.25, 0.3) is 0 Å². The van der Waals surface area contributed by atoms with Crippen LogP contribution in [-0.4, -0.2) is 49.6 Å². The van der Waals surface area contributed by atoms with Crippen molar-refractivity contribution in [3.8, 4) is 0 Å². The molecule has 1 aliphatic carbocycles. The Balaban J connectivity index is 1.45. The number of hydrogen-bond acceptors (Lipinski definition) is 2. The zero-order valence-corrected chi connectivity index (χ0v) is 16.7. The van der Waals surface area contributed by atoms with E-state index in [1.54, 1.807) is 0 Å². The third-order valence-electron chi connectivity index (χ3n) is 5.53. The summed E-state index contributed by atoms with van der Waals surface area (Å²) in [7, 11) is 0. The molecule has 3 rings (SSSR count). The molecule has 1 saturated heterocycles. The van der Waals surface area contributed by atoms with Crippen molar-refractivity contribution in [3.05, 3.63) is 35.9 Å². The Morgan fingerprint density at radius 1 is 1.19 bits per heavy atom. The van der Waals surface area contributed by atoms with Crippen LogP contribution in [0, 0.1) is 11.8 Å². The van der Waals surface area contributed by atoms with Crippen LogP contribution in [0.25, 0.3) is 0 Å². The van der Waals surface area contributed by atoms with Gasteiger partial charge in [0.05, 0.1) is 0 Å². The van der Waals surface area contributed by atoms with Crippen molar-refractivity contribution in [1.82, 2.24) is 15.5 Å². The van der Waals surface area contributed by atoms with Crippen LogP contribution in [-0.2, 0) is 0 Å². The van der Waals surface area contributed by atoms with Crippen molar-refractivity contribution in [2.75, 3.05) is 32.7 Å².